The van der Waals surface area contributed by atoms with Gasteiger partial charge in [-0.05, 0) is 55.2 Å². The first kappa shape index (κ1) is 16.5. The standard InChI is InChI=1S/C21H22N2O3/c1-25-15-10-11-18-17(12-15)16-8-5-9-19(21(16)23-18)22-20(24)13-26-14-6-3-2-4-7-14/h2-4,6-7,10-12,19,23H,5,8-9,13H2,1H3,(H,22,24). The predicted octanol–water partition coefficient (Wildman–Crippen LogP) is 3.75. The van der Waals surface area contributed by atoms with Crippen molar-refractivity contribution in [3.05, 3.63) is 59.8 Å². The Morgan fingerprint density at radius 3 is 2.85 bits per heavy atom. The summed E-state index contributed by atoms with van der Waals surface area (Å²) in [7, 11) is 1.68. The molecule has 1 atom stereocenters. The van der Waals surface area contributed by atoms with Gasteiger partial charge in [0.2, 0.25) is 0 Å². The molecule has 2 aromatic carbocycles. The third-order valence-corrected chi connectivity index (χ3v) is 4.86. The molecule has 1 heterocycles. The predicted molar refractivity (Wildman–Crippen MR) is 101 cm³/mol. The summed E-state index contributed by atoms with van der Waals surface area (Å²) < 4.78 is 10.9. The molecule has 5 heteroatoms. The molecule has 0 saturated carbocycles. The highest BCUT2D eigenvalue weighted by Gasteiger charge is 2.25. The Labute approximate surface area is 152 Å². The van der Waals surface area contributed by atoms with Crippen molar-refractivity contribution in [2.24, 2.45) is 0 Å². The summed E-state index contributed by atoms with van der Waals surface area (Å²) in [5.74, 6) is 1.44. The van der Waals surface area contributed by atoms with Crippen LogP contribution in [0.3, 0.4) is 0 Å². The Morgan fingerprint density at radius 1 is 1.19 bits per heavy atom. The Balaban J connectivity index is 1.49. The highest BCUT2D eigenvalue weighted by atomic mass is 16.5. The van der Waals surface area contributed by atoms with Crippen molar-refractivity contribution in [2.75, 3.05) is 13.7 Å². The molecule has 0 saturated heterocycles. The number of aromatic nitrogens is 1. The van der Waals surface area contributed by atoms with E-state index >= 15 is 0 Å². The number of para-hydroxylation sites is 1. The molecule has 1 aromatic heterocycles. The summed E-state index contributed by atoms with van der Waals surface area (Å²) in [6.07, 6.45) is 2.98. The molecule has 1 aliphatic carbocycles. The molecule has 4 rings (SSSR count). The normalized spacial score (nSPS) is 16.1. The summed E-state index contributed by atoms with van der Waals surface area (Å²) >= 11 is 0. The summed E-state index contributed by atoms with van der Waals surface area (Å²) in [5, 5.41) is 4.29. The lowest BCUT2D eigenvalue weighted by Gasteiger charge is -2.24. The van der Waals surface area contributed by atoms with Crippen LogP contribution in [0.4, 0.5) is 0 Å². The molecule has 0 bridgehead atoms. The number of benzene rings is 2. The molecule has 5 nitrogen and oxygen atoms in total. The average Bonchev–Trinajstić information content (AvgIpc) is 3.06. The second-order valence-electron chi connectivity index (χ2n) is 6.54. The van der Waals surface area contributed by atoms with Crippen LogP contribution in [0.15, 0.2) is 48.5 Å². The largest absolute Gasteiger partial charge is 0.497 e. The number of carbonyl (C=O) groups excluding carboxylic acids is 1. The van der Waals surface area contributed by atoms with E-state index in [-0.39, 0.29) is 18.6 Å². The van der Waals surface area contributed by atoms with Crippen LogP contribution in [0.25, 0.3) is 10.9 Å². The van der Waals surface area contributed by atoms with E-state index in [0.29, 0.717) is 5.75 Å². The van der Waals surface area contributed by atoms with E-state index in [4.69, 9.17) is 9.47 Å². The molecule has 1 amide bonds. The quantitative estimate of drug-likeness (QED) is 0.737. The topological polar surface area (TPSA) is 63.3 Å². The van der Waals surface area contributed by atoms with Gasteiger partial charge in [-0.3, -0.25) is 4.79 Å². The minimum Gasteiger partial charge on any atom is -0.497 e. The molecule has 1 unspecified atom stereocenters. The molecule has 3 aromatic rings. The maximum absolute atomic E-state index is 12.3. The zero-order valence-electron chi connectivity index (χ0n) is 14.7. The zero-order valence-corrected chi connectivity index (χ0v) is 14.7. The molecular weight excluding hydrogens is 328 g/mol. The molecule has 26 heavy (non-hydrogen) atoms. The number of carbonyl (C=O) groups is 1. The van der Waals surface area contributed by atoms with E-state index in [1.54, 1.807) is 7.11 Å². The molecule has 2 N–H and O–H groups in total. The third-order valence-electron chi connectivity index (χ3n) is 4.86. The van der Waals surface area contributed by atoms with Crippen LogP contribution < -0.4 is 14.8 Å². The van der Waals surface area contributed by atoms with Crippen LogP contribution in [-0.2, 0) is 11.2 Å². The monoisotopic (exact) mass is 350 g/mol. The number of H-pyrrole nitrogens is 1. The smallest absolute Gasteiger partial charge is 0.258 e. The molecule has 0 aliphatic heterocycles. The van der Waals surface area contributed by atoms with Gasteiger partial charge in [0.1, 0.15) is 11.5 Å². The van der Waals surface area contributed by atoms with Crippen LogP contribution in [0.2, 0.25) is 0 Å². The van der Waals surface area contributed by atoms with Crippen molar-refractivity contribution in [2.45, 2.75) is 25.3 Å². The van der Waals surface area contributed by atoms with Crippen LogP contribution in [-0.4, -0.2) is 24.6 Å². The van der Waals surface area contributed by atoms with Gasteiger partial charge in [0.05, 0.1) is 13.2 Å². The van der Waals surface area contributed by atoms with Gasteiger partial charge in [0.25, 0.3) is 5.91 Å². The minimum absolute atomic E-state index is 0.0102. The number of nitrogens with one attached hydrogen (secondary N) is 2. The fraction of sp³-hybridized carbons (Fsp3) is 0.286. The SMILES string of the molecule is COc1ccc2[nH]c3c(c2c1)CCCC3NC(=O)COc1ccccc1. The van der Waals surface area contributed by atoms with Crippen LogP contribution in [0.5, 0.6) is 11.5 Å². The fourth-order valence-electron chi connectivity index (χ4n) is 3.61. The fourth-order valence-corrected chi connectivity index (χ4v) is 3.61. The summed E-state index contributed by atoms with van der Waals surface area (Å²) in [6.45, 7) is 0.0178. The Bertz CT molecular complexity index is 918. The van der Waals surface area contributed by atoms with E-state index in [9.17, 15) is 4.79 Å². The summed E-state index contributed by atoms with van der Waals surface area (Å²) in [4.78, 5) is 15.8. The van der Waals surface area contributed by atoms with Crippen LogP contribution >= 0.6 is 0 Å². The number of hydrogen-bond acceptors (Lipinski definition) is 3. The second-order valence-corrected chi connectivity index (χ2v) is 6.54. The van der Waals surface area contributed by atoms with Crippen molar-refractivity contribution in [3.63, 3.8) is 0 Å². The first-order valence-electron chi connectivity index (χ1n) is 8.90. The van der Waals surface area contributed by atoms with E-state index in [1.165, 1.54) is 10.9 Å². The van der Waals surface area contributed by atoms with Gasteiger partial charge in [-0.2, -0.15) is 0 Å². The van der Waals surface area contributed by atoms with Gasteiger partial charge in [0.15, 0.2) is 6.61 Å². The van der Waals surface area contributed by atoms with E-state index in [2.05, 4.69) is 16.4 Å². The van der Waals surface area contributed by atoms with Crippen molar-refractivity contribution in [3.8, 4) is 11.5 Å². The summed E-state index contributed by atoms with van der Waals surface area (Å²) in [6, 6.07) is 15.4. The van der Waals surface area contributed by atoms with Gasteiger partial charge in [0, 0.05) is 16.6 Å². The Hall–Kier alpha value is -2.95. The molecule has 0 radical (unpaired) electrons. The van der Waals surface area contributed by atoms with Crippen LogP contribution in [0.1, 0.15) is 30.1 Å². The number of hydrogen-bond donors (Lipinski definition) is 2. The Kier molecular flexibility index (Phi) is 4.52. The minimum atomic E-state index is -0.108. The molecule has 1 aliphatic rings. The molecule has 134 valence electrons. The number of aryl methyl sites for hydroxylation is 1. The van der Waals surface area contributed by atoms with Crippen molar-refractivity contribution in [1.82, 2.24) is 10.3 Å². The lowest BCUT2D eigenvalue weighted by Crippen LogP contribution is -2.34. The van der Waals surface area contributed by atoms with Crippen LogP contribution in [0, 0.1) is 0 Å². The van der Waals surface area contributed by atoms with Crippen molar-refractivity contribution in [1.29, 1.82) is 0 Å². The van der Waals surface area contributed by atoms with Gasteiger partial charge in [-0.1, -0.05) is 18.2 Å². The van der Waals surface area contributed by atoms with E-state index < -0.39 is 0 Å². The van der Waals surface area contributed by atoms with Crippen molar-refractivity contribution >= 4 is 16.8 Å². The first-order chi connectivity index (χ1) is 12.7. The van der Waals surface area contributed by atoms with E-state index in [0.717, 1.165) is 36.2 Å². The van der Waals surface area contributed by atoms with Crippen molar-refractivity contribution < 1.29 is 14.3 Å². The maximum Gasteiger partial charge on any atom is 0.258 e. The zero-order chi connectivity index (χ0) is 17.9. The number of rotatable bonds is 5. The molecule has 0 fully saturated rings. The highest BCUT2D eigenvalue weighted by Crippen LogP contribution is 2.36. The third kappa shape index (κ3) is 3.25. The maximum atomic E-state index is 12.3. The number of fused-ring (bicyclic) bond motifs is 3. The number of amides is 1. The average molecular weight is 350 g/mol. The van der Waals surface area contributed by atoms with Gasteiger partial charge in [-0.25, -0.2) is 0 Å². The van der Waals surface area contributed by atoms with Gasteiger partial charge >= 0.3 is 0 Å². The highest BCUT2D eigenvalue weighted by molar-refractivity contribution is 5.87. The number of methoxy groups -OCH3 is 1. The summed E-state index contributed by atoms with van der Waals surface area (Å²) in [5.41, 5.74) is 3.46. The van der Waals surface area contributed by atoms with Gasteiger partial charge in [-0.15, -0.1) is 0 Å². The first-order valence-corrected chi connectivity index (χ1v) is 8.90. The lowest BCUT2D eigenvalue weighted by atomic mass is 9.91. The number of aromatic amines is 1. The van der Waals surface area contributed by atoms with Gasteiger partial charge < -0.3 is 19.8 Å². The molecular formula is C21H22N2O3. The Morgan fingerprint density at radius 2 is 2.04 bits per heavy atom. The second kappa shape index (κ2) is 7.12. The lowest BCUT2D eigenvalue weighted by molar-refractivity contribution is -0.124. The number of ether oxygens (including phenoxy) is 2. The molecule has 0 spiro atoms. The van der Waals surface area contributed by atoms with E-state index in [1.807, 2.05) is 42.5 Å².